The van der Waals surface area contributed by atoms with Crippen LogP contribution in [0, 0.1) is 16.7 Å². The zero-order valence-electron chi connectivity index (χ0n) is 18.3. The molecule has 6 heteroatoms. The number of aromatic nitrogens is 2. The highest BCUT2D eigenvalue weighted by Gasteiger charge is 2.27. The fourth-order valence-electron chi connectivity index (χ4n) is 4.55. The molecule has 32 heavy (non-hydrogen) atoms. The molecule has 2 bridgehead atoms. The van der Waals surface area contributed by atoms with E-state index in [0.717, 1.165) is 42.5 Å². The van der Waals surface area contributed by atoms with Crippen LogP contribution in [0.3, 0.4) is 0 Å². The second-order valence-electron chi connectivity index (χ2n) is 9.49. The van der Waals surface area contributed by atoms with Gasteiger partial charge < -0.3 is 15.0 Å². The maximum Gasteiger partial charge on any atom is 0.291 e. The fourth-order valence-corrected chi connectivity index (χ4v) is 4.55. The highest BCUT2D eigenvalue weighted by atomic mass is 16.5. The summed E-state index contributed by atoms with van der Waals surface area (Å²) in [6.45, 7) is 4.58. The molecule has 5 rings (SSSR count). The molecule has 0 spiro atoms. The first-order chi connectivity index (χ1) is 15.4. The standard InChI is InChI=1S/C26H26N4O2/c1-26(2)9-7-16(8-10-26)22-13-17(18-11-20-4-5-21(12-18)32-20)3-6-23(22)30-25(31)24-28-15-19(14-27)29-24/h3-7,11,13,15,20-21H,8-10,12H2,1-2H3,(H,28,29)(H,30,31)/t20?,21-/m1/s1. The first-order valence-corrected chi connectivity index (χ1v) is 11.0. The summed E-state index contributed by atoms with van der Waals surface area (Å²) in [6, 6.07) is 8.19. The minimum Gasteiger partial charge on any atom is -0.362 e. The Morgan fingerprint density at radius 3 is 2.91 bits per heavy atom. The van der Waals surface area contributed by atoms with Gasteiger partial charge in [0, 0.05) is 17.7 Å². The molecule has 2 N–H and O–H groups in total. The number of nitrogens with zero attached hydrogens (tertiary/aromatic N) is 2. The third-order valence-electron chi connectivity index (χ3n) is 6.50. The number of nitriles is 1. The first kappa shape index (κ1) is 20.5. The number of aromatic amines is 1. The monoisotopic (exact) mass is 426 g/mol. The van der Waals surface area contributed by atoms with Crippen LogP contribution < -0.4 is 5.32 Å². The molecule has 1 aliphatic carbocycles. The van der Waals surface area contributed by atoms with Crippen molar-refractivity contribution in [1.82, 2.24) is 9.97 Å². The molecule has 162 valence electrons. The molecule has 2 aromatic rings. The molecule has 0 radical (unpaired) electrons. The Morgan fingerprint density at radius 2 is 2.19 bits per heavy atom. The van der Waals surface area contributed by atoms with Gasteiger partial charge in [0.15, 0.2) is 5.82 Å². The Morgan fingerprint density at radius 1 is 1.31 bits per heavy atom. The molecule has 0 fully saturated rings. The molecule has 2 aliphatic heterocycles. The topological polar surface area (TPSA) is 90.8 Å². The van der Waals surface area contributed by atoms with Gasteiger partial charge in [-0.2, -0.15) is 5.26 Å². The number of carbonyl (C=O) groups excluding carboxylic acids is 1. The van der Waals surface area contributed by atoms with Crippen LogP contribution in [0.1, 0.15) is 67.0 Å². The Balaban J connectivity index is 1.49. The van der Waals surface area contributed by atoms with Gasteiger partial charge in [0.2, 0.25) is 0 Å². The van der Waals surface area contributed by atoms with Crippen molar-refractivity contribution in [3.05, 3.63) is 71.3 Å². The summed E-state index contributed by atoms with van der Waals surface area (Å²) < 4.78 is 5.87. The smallest absolute Gasteiger partial charge is 0.291 e. The van der Waals surface area contributed by atoms with Crippen molar-refractivity contribution in [2.75, 3.05) is 5.32 Å². The van der Waals surface area contributed by atoms with Gasteiger partial charge in [0.05, 0.1) is 18.4 Å². The molecule has 1 amide bonds. The summed E-state index contributed by atoms with van der Waals surface area (Å²) >= 11 is 0. The van der Waals surface area contributed by atoms with Crippen LogP contribution in [0.2, 0.25) is 0 Å². The Hall–Kier alpha value is -3.43. The van der Waals surface area contributed by atoms with Gasteiger partial charge in [-0.05, 0) is 59.6 Å². The van der Waals surface area contributed by atoms with Gasteiger partial charge in [-0.3, -0.25) is 4.79 Å². The molecule has 0 saturated carbocycles. The average molecular weight is 427 g/mol. The number of amides is 1. The fraction of sp³-hybridized carbons (Fsp3) is 0.346. The molecule has 1 aromatic carbocycles. The summed E-state index contributed by atoms with van der Waals surface area (Å²) in [7, 11) is 0. The molecular formula is C26H26N4O2. The number of nitrogens with one attached hydrogen (secondary N) is 2. The van der Waals surface area contributed by atoms with Gasteiger partial charge in [-0.25, -0.2) is 4.98 Å². The van der Waals surface area contributed by atoms with E-state index in [1.54, 1.807) is 0 Å². The predicted molar refractivity (Wildman–Crippen MR) is 124 cm³/mol. The third kappa shape index (κ3) is 4.04. The lowest BCUT2D eigenvalue weighted by atomic mass is 9.76. The number of allylic oxidation sites excluding steroid dienone is 2. The van der Waals surface area contributed by atoms with Gasteiger partial charge in [0.1, 0.15) is 11.8 Å². The average Bonchev–Trinajstić information content (AvgIpc) is 3.40. The molecule has 6 nitrogen and oxygen atoms in total. The van der Waals surface area contributed by atoms with Crippen LogP contribution in [0.4, 0.5) is 5.69 Å². The van der Waals surface area contributed by atoms with Crippen LogP contribution in [0.5, 0.6) is 0 Å². The van der Waals surface area contributed by atoms with E-state index in [9.17, 15) is 4.79 Å². The maximum absolute atomic E-state index is 12.8. The molecule has 3 aliphatic rings. The van der Waals surface area contributed by atoms with Crippen molar-refractivity contribution in [3.63, 3.8) is 0 Å². The van der Waals surface area contributed by atoms with E-state index in [1.807, 2.05) is 12.1 Å². The van der Waals surface area contributed by atoms with Crippen molar-refractivity contribution in [2.45, 2.75) is 51.7 Å². The van der Waals surface area contributed by atoms with Gasteiger partial charge in [0.25, 0.3) is 5.91 Å². The Kier molecular flexibility index (Phi) is 5.07. The Labute approximate surface area is 187 Å². The second-order valence-corrected chi connectivity index (χ2v) is 9.49. The normalized spacial score (nSPS) is 23.3. The lowest BCUT2D eigenvalue weighted by molar-refractivity contribution is 0.0829. The number of rotatable bonds is 4. The summed E-state index contributed by atoms with van der Waals surface area (Å²) in [4.78, 5) is 19.6. The number of fused-ring (bicyclic) bond motifs is 2. The highest BCUT2D eigenvalue weighted by molar-refractivity contribution is 6.03. The van der Waals surface area contributed by atoms with E-state index in [4.69, 9.17) is 10.00 Å². The van der Waals surface area contributed by atoms with Crippen LogP contribution >= 0.6 is 0 Å². The summed E-state index contributed by atoms with van der Waals surface area (Å²) in [5, 5.41) is 12.0. The number of hydrogen-bond acceptors (Lipinski definition) is 4. The highest BCUT2D eigenvalue weighted by Crippen LogP contribution is 2.41. The number of benzene rings is 1. The van der Waals surface area contributed by atoms with Crippen LogP contribution in [-0.2, 0) is 4.74 Å². The molecule has 1 aromatic heterocycles. The quantitative estimate of drug-likeness (QED) is 0.654. The van der Waals surface area contributed by atoms with Crippen molar-refractivity contribution < 1.29 is 9.53 Å². The number of ether oxygens (including phenoxy) is 1. The number of imidazole rings is 1. The van der Waals surface area contributed by atoms with E-state index in [0.29, 0.717) is 5.41 Å². The number of H-pyrrole nitrogens is 1. The summed E-state index contributed by atoms with van der Waals surface area (Å²) in [5.74, 6) is -0.227. The summed E-state index contributed by atoms with van der Waals surface area (Å²) in [6.07, 6.45) is 14.2. The van der Waals surface area contributed by atoms with Crippen LogP contribution in [-0.4, -0.2) is 28.1 Å². The molecule has 3 heterocycles. The van der Waals surface area contributed by atoms with E-state index in [-0.39, 0.29) is 29.6 Å². The SMILES string of the molecule is CC1(C)CC=C(c2cc(C3=CC4C=C[C@H](C3)O4)ccc2NC(=O)c2ncc(C#N)[nH]2)CC1. The van der Waals surface area contributed by atoms with Crippen molar-refractivity contribution in [3.8, 4) is 6.07 Å². The number of anilines is 1. The van der Waals surface area contributed by atoms with E-state index in [1.165, 1.54) is 17.3 Å². The van der Waals surface area contributed by atoms with Crippen LogP contribution in [0.25, 0.3) is 11.1 Å². The van der Waals surface area contributed by atoms with E-state index in [2.05, 4.69) is 65.6 Å². The predicted octanol–water partition coefficient (Wildman–Crippen LogP) is 5.24. The zero-order chi connectivity index (χ0) is 22.3. The number of carbonyl (C=O) groups is 1. The minimum absolute atomic E-state index is 0.0505. The minimum atomic E-state index is -0.357. The largest absolute Gasteiger partial charge is 0.362 e. The lowest BCUT2D eigenvalue weighted by Crippen LogP contribution is -2.18. The maximum atomic E-state index is 12.8. The van der Waals surface area contributed by atoms with Gasteiger partial charge in [-0.15, -0.1) is 0 Å². The molecular weight excluding hydrogens is 400 g/mol. The molecule has 0 saturated heterocycles. The first-order valence-electron chi connectivity index (χ1n) is 11.0. The Bertz CT molecular complexity index is 1210. The second kappa shape index (κ2) is 7.92. The molecule has 2 atom stereocenters. The van der Waals surface area contributed by atoms with Gasteiger partial charge in [-0.1, -0.05) is 38.1 Å². The van der Waals surface area contributed by atoms with E-state index >= 15 is 0 Å². The number of hydrogen-bond donors (Lipinski definition) is 2. The third-order valence-corrected chi connectivity index (χ3v) is 6.50. The molecule has 1 unspecified atom stereocenters. The summed E-state index contributed by atoms with van der Waals surface area (Å²) in [5.41, 5.74) is 6.05. The lowest BCUT2D eigenvalue weighted by Gasteiger charge is -2.30. The van der Waals surface area contributed by atoms with Crippen molar-refractivity contribution in [1.29, 1.82) is 5.26 Å². The van der Waals surface area contributed by atoms with Crippen molar-refractivity contribution >= 4 is 22.7 Å². The van der Waals surface area contributed by atoms with Crippen molar-refractivity contribution in [2.24, 2.45) is 5.41 Å². The van der Waals surface area contributed by atoms with Gasteiger partial charge >= 0.3 is 0 Å². The van der Waals surface area contributed by atoms with Crippen LogP contribution in [0.15, 0.2) is 48.7 Å². The van der Waals surface area contributed by atoms with E-state index < -0.39 is 0 Å². The zero-order valence-corrected chi connectivity index (χ0v) is 18.3.